The van der Waals surface area contributed by atoms with E-state index in [4.69, 9.17) is 25.8 Å². The van der Waals surface area contributed by atoms with Crippen molar-refractivity contribution in [2.24, 2.45) is 0 Å². The van der Waals surface area contributed by atoms with Gasteiger partial charge < -0.3 is 14.2 Å². The molecule has 0 unspecified atom stereocenters. The molecule has 0 aliphatic heterocycles. The molecule has 6 heteroatoms. The Morgan fingerprint density at radius 2 is 1.79 bits per heavy atom. The monoisotopic (exact) mass is 348 g/mol. The number of benzene rings is 2. The van der Waals surface area contributed by atoms with E-state index in [1.807, 2.05) is 6.92 Å². The Hall–Kier alpha value is -2.53. The van der Waals surface area contributed by atoms with E-state index in [0.29, 0.717) is 23.7 Å². The highest BCUT2D eigenvalue weighted by Gasteiger charge is 2.17. The van der Waals surface area contributed by atoms with Gasteiger partial charge in [0.2, 0.25) is 0 Å². The quantitative estimate of drug-likeness (QED) is 0.562. The van der Waals surface area contributed by atoms with Crippen LogP contribution in [0.15, 0.2) is 42.5 Å². The lowest BCUT2D eigenvalue weighted by molar-refractivity contribution is 0.0474. The fourth-order valence-electron chi connectivity index (χ4n) is 2.04. The number of methoxy groups -OCH3 is 1. The van der Waals surface area contributed by atoms with Crippen molar-refractivity contribution in [3.05, 3.63) is 58.6 Å². The maximum atomic E-state index is 12.1. The number of halogens is 1. The van der Waals surface area contributed by atoms with Crippen LogP contribution in [-0.2, 0) is 4.74 Å². The van der Waals surface area contributed by atoms with E-state index in [1.165, 1.54) is 19.2 Å². The number of hydrogen-bond acceptors (Lipinski definition) is 5. The Bertz CT molecular complexity index is 728. The number of ketones is 1. The van der Waals surface area contributed by atoms with E-state index in [-0.39, 0.29) is 23.0 Å². The van der Waals surface area contributed by atoms with Crippen LogP contribution in [0.2, 0.25) is 5.02 Å². The molecule has 0 aliphatic carbocycles. The zero-order valence-corrected chi connectivity index (χ0v) is 14.1. The molecule has 5 nitrogen and oxygen atoms in total. The zero-order valence-electron chi connectivity index (χ0n) is 13.4. The summed E-state index contributed by atoms with van der Waals surface area (Å²) in [6.45, 7) is 1.87. The van der Waals surface area contributed by atoms with Gasteiger partial charge in [0.25, 0.3) is 0 Å². The molecule has 0 saturated heterocycles. The first kappa shape index (κ1) is 17.8. The van der Waals surface area contributed by atoms with E-state index in [2.05, 4.69) is 0 Å². The summed E-state index contributed by atoms with van der Waals surface area (Å²) in [6, 6.07) is 11.5. The third kappa shape index (κ3) is 4.26. The van der Waals surface area contributed by atoms with Crippen molar-refractivity contribution < 1.29 is 23.8 Å². The molecule has 0 bridgehead atoms. The van der Waals surface area contributed by atoms with Crippen LogP contribution >= 0.6 is 11.6 Å². The summed E-state index contributed by atoms with van der Waals surface area (Å²) in [5, 5.41) is 0.234. The molecular weight excluding hydrogens is 332 g/mol. The van der Waals surface area contributed by atoms with Gasteiger partial charge in [-0.05, 0) is 19.1 Å². The standard InChI is InChI=1S/C18H17ClO5/c1-3-23-17-14(19)9-13(10-16(17)22-2)18(21)24-11-15(20)12-7-5-4-6-8-12/h4-10H,3,11H2,1-2H3. The number of Topliss-reactive ketones (excluding diaryl/α,β-unsaturated/α-hetero) is 1. The summed E-state index contributed by atoms with van der Waals surface area (Å²) >= 11 is 6.12. The second-order valence-corrected chi connectivity index (χ2v) is 5.20. The van der Waals surface area contributed by atoms with Crippen LogP contribution in [0.25, 0.3) is 0 Å². The van der Waals surface area contributed by atoms with Crippen molar-refractivity contribution in [2.75, 3.05) is 20.3 Å². The molecule has 0 N–H and O–H groups in total. The minimum absolute atomic E-state index is 0.182. The molecule has 2 aromatic carbocycles. The largest absolute Gasteiger partial charge is 0.493 e. The predicted octanol–water partition coefficient (Wildman–Crippen LogP) is 3.79. The van der Waals surface area contributed by atoms with Gasteiger partial charge in [-0.25, -0.2) is 4.79 Å². The molecule has 0 heterocycles. The second kappa shape index (κ2) is 8.36. The van der Waals surface area contributed by atoms with E-state index in [0.717, 1.165) is 0 Å². The van der Waals surface area contributed by atoms with Gasteiger partial charge in [-0.2, -0.15) is 0 Å². The highest BCUT2D eigenvalue weighted by Crippen LogP contribution is 2.36. The summed E-state index contributed by atoms with van der Waals surface area (Å²) in [5.41, 5.74) is 0.661. The van der Waals surface area contributed by atoms with Crippen LogP contribution in [0.3, 0.4) is 0 Å². The molecule has 126 valence electrons. The fraction of sp³-hybridized carbons (Fsp3) is 0.222. The van der Waals surface area contributed by atoms with Gasteiger partial charge >= 0.3 is 5.97 Å². The van der Waals surface area contributed by atoms with Gasteiger partial charge in [-0.1, -0.05) is 41.9 Å². The van der Waals surface area contributed by atoms with Gasteiger partial charge in [0.05, 0.1) is 24.3 Å². The molecule has 0 radical (unpaired) electrons. The van der Waals surface area contributed by atoms with Crippen molar-refractivity contribution in [1.82, 2.24) is 0 Å². The van der Waals surface area contributed by atoms with Crippen LogP contribution in [0, 0.1) is 0 Å². The van der Waals surface area contributed by atoms with E-state index in [1.54, 1.807) is 30.3 Å². The molecule has 2 aromatic rings. The van der Waals surface area contributed by atoms with Crippen LogP contribution in [-0.4, -0.2) is 32.1 Å². The highest BCUT2D eigenvalue weighted by atomic mass is 35.5. The SMILES string of the molecule is CCOc1c(Cl)cc(C(=O)OCC(=O)c2ccccc2)cc1OC. The summed E-state index contributed by atoms with van der Waals surface area (Å²) in [5.74, 6) is -0.264. The van der Waals surface area contributed by atoms with Gasteiger partial charge in [0, 0.05) is 5.56 Å². The average molecular weight is 349 g/mol. The second-order valence-electron chi connectivity index (χ2n) is 4.79. The molecule has 24 heavy (non-hydrogen) atoms. The molecular formula is C18H17ClO5. The summed E-state index contributed by atoms with van der Waals surface area (Å²) in [7, 11) is 1.45. The number of esters is 1. The maximum absolute atomic E-state index is 12.1. The van der Waals surface area contributed by atoms with Crippen molar-refractivity contribution in [2.45, 2.75) is 6.92 Å². The lowest BCUT2D eigenvalue weighted by Gasteiger charge is -2.12. The number of ether oxygens (including phenoxy) is 3. The summed E-state index contributed by atoms with van der Waals surface area (Å²) in [4.78, 5) is 24.1. The van der Waals surface area contributed by atoms with E-state index >= 15 is 0 Å². The smallest absolute Gasteiger partial charge is 0.338 e. The Balaban J connectivity index is 2.10. The third-order valence-electron chi connectivity index (χ3n) is 3.18. The lowest BCUT2D eigenvalue weighted by Crippen LogP contribution is -2.14. The van der Waals surface area contributed by atoms with Crippen LogP contribution in [0.4, 0.5) is 0 Å². The van der Waals surface area contributed by atoms with Gasteiger partial charge in [-0.15, -0.1) is 0 Å². The molecule has 0 aromatic heterocycles. The molecule has 2 rings (SSSR count). The van der Waals surface area contributed by atoms with Gasteiger partial charge in [0.1, 0.15) is 0 Å². The molecule has 0 amide bonds. The molecule has 0 spiro atoms. The topological polar surface area (TPSA) is 61.8 Å². The van der Waals surface area contributed by atoms with Gasteiger partial charge in [-0.3, -0.25) is 4.79 Å². The molecule has 0 fully saturated rings. The number of carbonyl (C=O) groups is 2. The van der Waals surface area contributed by atoms with Crippen molar-refractivity contribution in [1.29, 1.82) is 0 Å². The van der Waals surface area contributed by atoms with E-state index in [9.17, 15) is 9.59 Å². The van der Waals surface area contributed by atoms with Crippen molar-refractivity contribution in [3.8, 4) is 11.5 Å². The van der Waals surface area contributed by atoms with Crippen LogP contribution in [0.1, 0.15) is 27.6 Å². The first-order valence-electron chi connectivity index (χ1n) is 7.32. The normalized spacial score (nSPS) is 10.1. The van der Waals surface area contributed by atoms with E-state index < -0.39 is 5.97 Å². The number of rotatable bonds is 7. The van der Waals surface area contributed by atoms with Crippen LogP contribution in [0.5, 0.6) is 11.5 Å². The first-order chi connectivity index (χ1) is 11.6. The predicted molar refractivity (Wildman–Crippen MR) is 90.2 cm³/mol. The summed E-state index contributed by atoms with van der Waals surface area (Å²) in [6.07, 6.45) is 0. The molecule has 0 atom stereocenters. The van der Waals surface area contributed by atoms with Crippen molar-refractivity contribution in [3.63, 3.8) is 0 Å². The molecule has 0 aliphatic rings. The fourth-order valence-corrected chi connectivity index (χ4v) is 2.31. The minimum Gasteiger partial charge on any atom is -0.493 e. The first-order valence-corrected chi connectivity index (χ1v) is 7.70. The maximum Gasteiger partial charge on any atom is 0.338 e. The highest BCUT2D eigenvalue weighted by molar-refractivity contribution is 6.32. The average Bonchev–Trinajstić information content (AvgIpc) is 2.61. The summed E-state index contributed by atoms with van der Waals surface area (Å²) < 4.78 is 15.6. The van der Waals surface area contributed by atoms with Crippen LogP contribution < -0.4 is 9.47 Å². The zero-order chi connectivity index (χ0) is 17.5. The number of carbonyl (C=O) groups excluding carboxylic acids is 2. The Morgan fingerprint density at radius 3 is 2.42 bits per heavy atom. The van der Waals surface area contributed by atoms with Gasteiger partial charge in [0.15, 0.2) is 23.9 Å². The Kier molecular flexibility index (Phi) is 6.21. The minimum atomic E-state index is -0.664. The Labute approximate surface area is 145 Å². The number of hydrogen-bond donors (Lipinski definition) is 0. The Morgan fingerprint density at radius 1 is 1.08 bits per heavy atom. The molecule has 0 saturated carbocycles. The third-order valence-corrected chi connectivity index (χ3v) is 3.46. The van der Waals surface area contributed by atoms with Crippen molar-refractivity contribution >= 4 is 23.4 Å². The lowest BCUT2D eigenvalue weighted by atomic mass is 10.1.